The summed E-state index contributed by atoms with van der Waals surface area (Å²) in [5.41, 5.74) is 1.31. The van der Waals surface area contributed by atoms with Crippen LogP contribution in [-0.2, 0) is 20.9 Å². The number of rotatable bonds is 6. The summed E-state index contributed by atoms with van der Waals surface area (Å²) in [4.78, 5) is 23.3. The first-order valence-electron chi connectivity index (χ1n) is 8.62. The summed E-state index contributed by atoms with van der Waals surface area (Å²) in [5, 5.41) is 11.8. The Labute approximate surface area is 200 Å². The molecule has 0 bridgehead atoms. The third-order valence-corrected chi connectivity index (χ3v) is 5.95. The number of amides is 1. The van der Waals surface area contributed by atoms with Crippen LogP contribution in [0.5, 0.6) is 5.75 Å². The maximum atomic E-state index is 11.9. The lowest BCUT2D eigenvalue weighted by molar-refractivity contribution is -0.135. The number of thioether (sulfide) groups is 1. The summed E-state index contributed by atoms with van der Waals surface area (Å²) < 4.78 is 11.2. The van der Waals surface area contributed by atoms with Crippen molar-refractivity contribution in [1.82, 2.24) is 5.32 Å². The van der Waals surface area contributed by atoms with Crippen molar-refractivity contribution in [1.29, 1.82) is 0 Å². The van der Waals surface area contributed by atoms with Crippen molar-refractivity contribution >= 4 is 74.2 Å². The molecule has 0 saturated carbocycles. The molecule has 3 rings (SSSR count). The minimum absolute atomic E-state index is 0.170. The zero-order chi connectivity index (χ0) is 22.4. The van der Waals surface area contributed by atoms with Gasteiger partial charge >= 0.3 is 5.97 Å². The molecule has 0 unspecified atom stereocenters. The van der Waals surface area contributed by atoms with E-state index in [1.807, 2.05) is 6.07 Å². The zero-order valence-electron chi connectivity index (χ0n) is 15.9. The van der Waals surface area contributed by atoms with Gasteiger partial charge in [-0.15, -0.1) is 5.10 Å². The Hall–Kier alpha value is -2.33. The minimum atomic E-state index is -0.628. The van der Waals surface area contributed by atoms with Crippen molar-refractivity contribution < 1.29 is 19.1 Å². The minimum Gasteiger partial charge on any atom is -0.488 e. The molecule has 0 aliphatic carbocycles. The number of nitrogens with one attached hydrogen (secondary N) is 1. The molecule has 31 heavy (non-hydrogen) atoms. The summed E-state index contributed by atoms with van der Waals surface area (Å²) in [7, 11) is 1.23. The van der Waals surface area contributed by atoms with Crippen LogP contribution in [0.3, 0.4) is 0 Å². The quantitative estimate of drug-likeness (QED) is 0.241. The van der Waals surface area contributed by atoms with Crippen LogP contribution in [0.15, 0.2) is 62.1 Å². The summed E-state index contributed by atoms with van der Waals surface area (Å²) in [6.45, 7) is 0.170. The highest BCUT2D eigenvalue weighted by Gasteiger charge is 2.25. The van der Waals surface area contributed by atoms with Gasteiger partial charge in [0.25, 0.3) is 5.91 Å². The van der Waals surface area contributed by atoms with Gasteiger partial charge in [-0.1, -0.05) is 45.2 Å². The molecule has 2 aromatic rings. The van der Waals surface area contributed by atoms with Crippen LogP contribution >= 0.6 is 50.9 Å². The summed E-state index contributed by atoms with van der Waals surface area (Å²) in [6.07, 6.45) is 2.57. The number of carbonyl (C=O) groups excluding carboxylic acids is 2. The Morgan fingerprint density at radius 1 is 1.26 bits per heavy atom. The molecule has 1 N–H and O–H groups in total. The SMILES string of the molecule is COC(=O)/C=C1/S/C(=N\N=Cc2cc(Br)ccc2OCc2c(Cl)cccc2Cl)NC1=O. The standard InChI is InChI=1S/C20H14BrCl2N3O4S/c1-29-18(27)8-17-19(28)25-20(31-17)26-24-9-11-7-12(21)5-6-16(11)30-10-13-14(22)3-2-4-15(13)23/h2-9H,10H2,1H3,(H,25,26,28)/b17-8+,24-9?. The van der Waals surface area contributed by atoms with E-state index >= 15 is 0 Å². The van der Waals surface area contributed by atoms with Crippen LogP contribution in [0.2, 0.25) is 10.0 Å². The summed E-state index contributed by atoms with van der Waals surface area (Å²) in [5.74, 6) is -0.540. The molecule has 1 heterocycles. The highest BCUT2D eigenvalue weighted by molar-refractivity contribution is 9.10. The molecule has 2 aromatic carbocycles. The number of ether oxygens (including phenoxy) is 2. The maximum absolute atomic E-state index is 11.9. The van der Waals surface area contributed by atoms with E-state index < -0.39 is 11.9 Å². The second-order valence-electron chi connectivity index (χ2n) is 5.91. The predicted octanol–water partition coefficient (Wildman–Crippen LogP) is 4.94. The smallest absolute Gasteiger partial charge is 0.331 e. The van der Waals surface area contributed by atoms with Gasteiger partial charge in [-0.3, -0.25) is 10.1 Å². The average Bonchev–Trinajstić information content (AvgIpc) is 3.07. The molecule has 11 heteroatoms. The number of methoxy groups -OCH3 is 1. The number of nitrogens with zero attached hydrogens (tertiary/aromatic N) is 2. The normalized spacial score (nSPS) is 16.2. The number of hydrogen-bond acceptors (Lipinski definition) is 7. The van der Waals surface area contributed by atoms with Crippen LogP contribution < -0.4 is 10.1 Å². The van der Waals surface area contributed by atoms with Gasteiger partial charge in [-0.2, -0.15) is 5.10 Å². The topological polar surface area (TPSA) is 89.3 Å². The summed E-state index contributed by atoms with van der Waals surface area (Å²) in [6, 6.07) is 10.6. The third-order valence-electron chi connectivity index (χ3n) is 3.85. The number of benzene rings is 2. The van der Waals surface area contributed by atoms with E-state index in [-0.39, 0.29) is 16.7 Å². The van der Waals surface area contributed by atoms with E-state index in [1.165, 1.54) is 13.3 Å². The molecule has 1 saturated heterocycles. The van der Waals surface area contributed by atoms with E-state index in [0.717, 1.165) is 22.3 Å². The second-order valence-corrected chi connectivity index (χ2v) is 8.67. The van der Waals surface area contributed by atoms with E-state index in [0.29, 0.717) is 26.9 Å². The monoisotopic (exact) mass is 541 g/mol. The fourth-order valence-electron chi connectivity index (χ4n) is 2.36. The van der Waals surface area contributed by atoms with Crippen LogP contribution in [-0.4, -0.2) is 30.4 Å². The maximum Gasteiger partial charge on any atom is 0.331 e. The molecule has 1 amide bonds. The lowest BCUT2D eigenvalue weighted by Crippen LogP contribution is -2.19. The Morgan fingerprint density at radius 3 is 2.71 bits per heavy atom. The van der Waals surface area contributed by atoms with E-state index in [1.54, 1.807) is 30.3 Å². The van der Waals surface area contributed by atoms with Gasteiger partial charge in [-0.25, -0.2) is 4.79 Å². The predicted molar refractivity (Wildman–Crippen MR) is 126 cm³/mol. The molecule has 1 aliphatic heterocycles. The fourth-order valence-corrected chi connectivity index (χ4v) is 3.98. The molecule has 0 atom stereocenters. The van der Waals surface area contributed by atoms with Gasteiger partial charge in [0.1, 0.15) is 12.4 Å². The average molecular weight is 543 g/mol. The lowest BCUT2D eigenvalue weighted by Gasteiger charge is -2.11. The van der Waals surface area contributed by atoms with Crippen molar-refractivity contribution in [3.63, 3.8) is 0 Å². The van der Waals surface area contributed by atoms with Gasteiger partial charge in [0.15, 0.2) is 5.17 Å². The molecule has 160 valence electrons. The first-order chi connectivity index (χ1) is 14.9. The van der Waals surface area contributed by atoms with Gasteiger partial charge < -0.3 is 9.47 Å². The first kappa shape index (κ1) is 23.3. The zero-order valence-corrected chi connectivity index (χ0v) is 19.8. The Balaban J connectivity index is 1.75. The van der Waals surface area contributed by atoms with Crippen molar-refractivity contribution in [3.8, 4) is 5.75 Å². The molecule has 1 fully saturated rings. The molecule has 0 aromatic heterocycles. The Bertz CT molecular complexity index is 1100. The Kier molecular flexibility index (Phi) is 8.14. The number of carbonyl (C=O) groups is 2. The van der Waals surface area contributed by atoms with Crippen LogP contribution in [0.25, 0.3) is 0 Å². The van der Waals surface area contributed by atoms with Crippen molar-refractivity contribution in [2.75, 3.05) is 7.11 Å². The molecular formula is C20H14BrCl2N3O4S. The third kappa shape index (κ3) is 6.33. The van der Waals surface area contributed by atoms with E-state index in [4.69, 9.17) is 27.9 Å². The van der Waals surface area contributed by atoms with Gasteiger partial charge in [-0.05, 0) is 42.1 Å². The second kappa shape index (κ2) is 10.8. The highest BCUT2D eigenvalue weighted by atomic mass is 79.9. The molecular weight excluding hydrogens is 529 g/mol. The van der Waals surface area contributed by atoms with Crippen LogP contribution in [0.1, 0.15) is 11.1 Å². The number of halogens is 3. The van der Waals surface area contributed by atoms with E-state index in [2.05, 4.69) is 36.2 Å². The van der Waals surface area contributed by atoms with Crippen molar-refractivity contribution in [2.24, 2.45) is 10.2 Å². The fraction of sp³-hybridized carbons (Fsp3) is 0.100. The first-order valence-corrected chi connectivity index (χ1v) is 11.0. The molecule has 0 spiro atoms. The van der Waals surface area contributed by atoms with Gasteiger partial charge in [0.05, 0.1) is 18.2 Å². The van der Waals surface area contributed by atoms with Gasteiger partial charge in [0.2, 0.25) is 0 Å². The van der Waals surface area contributed by atoms with Crippen molar-refractivity contribution in [2.45, 2.75) is 6.61 Å². The molecule has 7 nitrogen and oxygen atoms in total. The van der Waals surface area contributed by atoms with Crippen LogP contribution in [0.4, 0.5) is 0 Å². The largest absolute Gasteiger partial charge is 0.488 e. The number of esters is 1. The lowest BCUT2D eigenvalue weighted by atomic mass is 10.2. The van der Waals surface area contributed by atoms with Crippen molar-refractivity contribution in [3.05, 3.63) is 73.0 Å². The number of hydrogen-bond donors (Lipinski definition) is 1. The van der Waals surface area contributed by atoms with Crippen LogP contribution in [0, 0.1) is 0 Å². The van der Waals surface area contributed by atoms with E-state index in [9.17, 15) is 9.59 Å². The number of amidine groups is 1. The Morgan fingerprint density at radius 2 is 2.00 bits per heavy atom. The van der Waals surface area contributed by atoms with Gasteiger partial charge in [0, 0.05) is 31.7 Å². The summed E-state index contributed by atoms with van der Waals surface area (Å²) >= 11 is 16.8. The highest BCUT2D eigenvalue weighted by Crippen LogP contribution is 2.28. The molecule has 1 aliphatic rings. The molecule has 0 radical (unpaired) electrons.